The zero-order valence-corrected chi connectivity index (χ0v) is 5.37. The molecule has 0 atom stereocenters. The predicted molar refractivity (Wildman–Crippen MR) is 33.6 cm³/mol. The lowest BCUT2D eigenvalue weighted by Crippen LogP contribution is -1.58. The van der Waals surface area contributed by atoms with Gasteiger partial charge in [-0.3, -0.25) is 0 Å². The molecule has 0 aliphatic rings. The first-order chi connectivity index (χ1) is 2.41. The zero-order chi connectivity index (χ0) is 4.12. The van der Waals surface area contributed by atoms with Gasteiger partial charge in [-0.25, -0.2) is 0 Å². The summed E-state index contributed by atoms with van der Waals surface area (Å²) < 4.78 is 0. The molecule has 0 aliphatic carbocycles. The monoisotopic (exact) mass is 151 g/mol. The maximum absolute atomic E-state index is 3.52. The molecular weight excluding hydrogens is 142 g/mol. The molecule has 0 aromatic rings. The minimum absolute atomic E-state index is 0. The number of rotatable bonds is 2. The van der Waals surface area contributed by atoms with Crippen molar-refractivity contribution in [2.45, 2.75) is 6.42 Å². The maximum atomic E-state index is 3.52. The first kappa shape index (κ1) is 9.49. The fraction of sp³-hybridized carbons (Fsp3) is 0.500. The second-order valence-electron chi connectivity index (χ2n) is 0.766. The van der Waals surface area contributed by atoms with Crippen molar-refractivity contribution in [2.24, 2.45) is 0 Å². The lowest BCUT2D eigenvalue weighted by molar-refractivity contribution is 1.27. The summed E-state index contributed by atoms with van der Waals surface area (Å²) in [6, 6.07) is 0. The Balaban J connectivity index is 0. The number of hydrogen-bond donors (Lipinski definition) is 1. The molecule has 3 N–H and O–H groups in total. The summed E-state index contributed by atoms with van der Waals surface area (Å²) in [4.78, 5) is 0. The predicted octanol–water partition coefficient (Wildman–Crippen LogP) is 2.12. The van der Waals surface area contributed by atoms with E-state index in [2.05, 4.69) is 22.5 Å². The molecule has 0 saturated carbocycles. The molecule has 0 fully saturated rings. The number of allylic oxidation sites excluding steroid dienone is 1. The Kier molecular flexibility index (Phi) is 14.2. The Morgan fingerprint density at radius 1 is 1.67 bits per heavy atom. The van der Waals surface area contributed by atoms with Gasteiger partial charge in [0.05, 0.1) is 0 Å². The maximum Gasteiger partial charge on any atom is 0.00658 e. The smallest absolute Gasteiger partial charge is 0.00658 e. The first-order valence-electron chi connectivity index (χ1n) is 1.58. The Morgan fingerprint density at radius 2 is 2.17 bits per heavy atom. The molecule has 1 nitrogen and oxygen atoms in total. The topological polar surface area (TPSA) is 35.0 Å². The third-order valence-electron chi connectivity index (χ3n) is 0.313. The van der Waals surface area contributed by atoms with Crippen molar-refractivity contribution < 1.29 is 0 Å². The van der Waals surface area contributed by atoms with Gasteiger partial charge < -0.3 is 6.15 Å². The van der Waals surface area contributed by atoms with Gasteiger partial charge in [-0.2, -0.15) is 0 Å². The summed E-state index contributed by atoms with van der Waals surface area (Å²) in [6.07, 6.45) is 2.95. The van der Waals surface area contributed by atoms with Gasteiger partial charge in [0.15, 0.2) is 0 Å². The van der Waals surface area contributed by atoms with E-state index in [1.807, 2.05) is 6.08 Å². The molecular formula is C4H10BrN. The van der Waals surface area contributed by atoms with Gasteiger partial charge in [-0.1, -0.05) is 22.0 Å². The molecule has 38 valence electrons. The van der Waals surface area contributed by atoms with Crippen LogP contribution in [0.4, 0.5) is 0 Å². The molecule has 0 radical (unpaired) electrons. The summed E-state index contributed by atoms with van der Waals surface area (Å²) in [5.41, 5.74) is 0. The molecule has 0 spiro atoms. The molecule has 0 unspecified atom stereocenters. The van der Waals surface area contributed by atoms with Gasteiger partial charge in [0, 0.05) is 5.33 Å². The zero-order valence-electron chi connectivity index (χ0n) is 3.78. The van der Waals surface area contributed by atoms with E-state index in [0.29, 0.717) is 0 Å². The van der Waals surface area contributed by atoms with Crippen LogP contribution in [0.25, 0.3) is 0 Å². The molecule has 0 rings (SSSR count). The van der Waals surface area contributed by atoms with E-state index in [4.69, 9.17) is 0 Å². The summed E-state index contributed by atoms with van der Waals surface area (Å²) in [5.74, 6) is 0. The van der Waals surface area contributed by atoms with E-state index < -0.39 is 0 Å². The third-order valence-corrected chi connectivity index (χ3v) is 0.771. The third kappa shape index (κ3) is 8.89. The van der Waals surface area contributed by atoms with E-state index in [0.717, 1.165) is 11.8 Å². The van der Waals surface area contributed by atoms with E-state index in [-0.39, 0.29) is 6.15 Å². The number of hydrogen-bond acceptors (Lipinski definition) is 1. The first-order valence-corrected chi connectivity index (χ1v) is 2.71. The molecule has 0 aromatic heterocycles. The van der Waals surface area contributed by atoms with Crippen LogP contribution in [0.5, 0.6) is 0 Å². The van der Waals surface area contributed by atoms with Gasteiger partial charge in [-0.15, -0.1) is 6.58 Å². The molecule has 6 heavy (non-hydrogen) atoms. The fourth-order valence-corrected chi connectivity index (χ4v) is 0.401. The second-order valence-corrected chi connectivity index (χ2v) is 1.56. The largest absolute Gasteiger partial charge is 0.344 e. The van der Waals surface area contributed by atoms with Gasteiger partial charge >= 0.3 is 0 Å². The highest BCUT2D eigenvalue weighted by molar-refractivity contribution is 9.09. The van der Waals surface area contributed by atoms with Crippen molar-refractivity contribution in [3.05, 3.63) is 12.7 Å². The van der Waals surface area contributed by atoms with Crippen LogP contribution in [0.3, 0.4) is 0 Å². The molecule has 0 amide bonds. The van der Waals surface area contributed by atoms with E-state index in [1.165, 1.54) is 0 Å². The average molecular weight is 152 g/mol. The van der Waals surface area contributed by atoms with Crippen molar-refractivity contribution >= 4 is 15.9 Å². The van der Waals surface area contributed by atoms with Crippen molar-refractivity contribution in [1.29, 1.82) is 0 Å². The van der Waals surface area contributed by atoms with Gasteiger partial charge in [0.1, 0.15) is 0 Å². The Bertz CT molecular complexity index is 28.7. The average Bonchev–Trinajstić information content (AvgIpc) is 1.41. The van der Waals surface area contributed by atoms with Gasteiger partial charge in [-0.05, 0) is 6.42 Å². The Hall–Kier alpha value is 0.180. The Labute approximate surface area is 47.1 Å². The molecule has 0 saturated heterocycles. The van der Waals surface area contributed by atoms with Gasteiger partial charge in [0.25, 0.3) is 0 Å². The normalized spacial score (nSPS) is 6.17. The SMILES string of the molecule is C=CCCBr.N. The lowest BCUT2D eigenvalue weighted by Gasteiger charge is -1.71. The summed E-state index contributed by atoms with van der Waals surface area (Å²) in [6.45, 7) is 3.52. The van der Waals surface area contributed by atoms with Gasteiger partial charge in [0.2, 0.25) is 0 Å². The van der Waals surface area contributed by atoms with Crippen LogP contribution < -0.4 is 6.15 Å². The fourth-order valence-electron chi connectivity index (χ4n) is 0.0772. The van der Waals surface area contributed by atoms with Crippen LogP contribution in [-0.2, 0) is 0 Å². The standard InChI is InChI=1S/C4H7Br.H3N/c1-2-3-4-5;/h2H,1,3-4H2;1H3. The van der Waals surface area contributed by atoms with E-state index >= 15 is 0 Å². The van der Waals surface area contributed by atoms with Crippen LogP contribution in [0, 0.1) is 0 Å². The highest BCUT2D eigenvalue weighted by Gasteiger charge is 1.63. The highest BCUT2D eigenvalue weighted by Crippen LogP contribution is 1.84. The lowest BCUT2D eigenvalue weighted by atomic mass is 10.5. The van der Waals surface area contributed by atoms with Crippen LogP contribution in [0.2, 0.25) is 0 Å². The quantitative estimate of drug-likeness (QED) is 0.477. The van der Waals surface area contributed by atoms with Crippen molar-refractivity contribution in [2.75, 3.05) is 5.33 Å². The number of alkyl halides is 1. The van der Waals surface area contributed by atoms with Crippen LogP contribution >= 0.6 is 15.9 Å². The van der Waals surface area contributed by atoms with Crippen LogP contribution in [-0.4, -0.2) is 5.33 Å². The van der Waals surface area contributed by atoms with Crippen molar-refractivity contribution in [3.8, 4) is 0 Å². The van der Waals surface area contributed by atoms with Crippen LogP contribution in [0.1, 0.15) is 6.42 Å². The minimum atomic E-state index is 0. The minimum Gasteiger partial charge on any atom is -0.344 e. The van der Waals surface area contributed by atoms with Crippen LogP contribution in [0.15, 0.2) is 12.7 Å². The summed E-state index contributed by atoms with van der Waals surface area (Å²) in [7, 11) is 0. The Morgan fingerprint density at radius 3 is 2.17 bits per heavy atom. The molecule has 0 heterocycles. The molecule has 0 aliphatic heterocycles. The van der Waals surface area contributed by atoms with E-state index in [9.17, 15) is 0 Å². The van der Waals surface area contributed by atoms with Crippen molar-refractivity contribution in [3.63, 3.8) is 0 Å². The van der Waals surface area contributed by atoms with E-state index in [1.54, 1.807) is 0 Å². The summed E-state index contributed by atoms with van der Waals surface area (Å²) >= 11 is 3.24. The molecule has 0 bridgehead atoms. The molecule has 2 heteroatoms. The number of halogens is 1. The van der Waals surface area contributed by atoms with Crippen molar-refractivity contribution in [1.82, 2.24) is 6.15 Å². The summed E-state index contributed by atoms with van der Waals surface area (Å²) in [5, 5.41) is 1.04. The second kappa shape index (κ2) is 8.95. The molecule has 0 aromatic carbocycles. The highest BCUT2D eigenvalue weighted by atomic mass is 79.9.